The average Bonchev–Trinajstić information content (AvgIpc) is 3.40. The second-order valence-electron chi connectivity index (χ2n) is 5.51. The Labute approximate surface area is 132 Å². The van der Waals surface area contributed by atoms with E-state index in [0.717, 1.165) is 22.8 Å². The Balaban J connectivity index is 1.60. The molecule has 0 saturated heterocycles. The van der Waals surface area contributed by atoms with Crippen LogP contribution in [0.2, 0.25) is 0 Å². The molecule has 0 unspecified atom stereocenters. The summed E-state index contributed by atoms with van der Waals surface area (Å²) in [5, 5.41) is 0. The largest absolute Gasteiger partial charge is 0.491 e. The van der Waals surface area contributed by atoms with Crippen LogP contribution < -0.4 is 4.74 Å². The molecule has 0 aliphatic heterocycles. The molecule has 1 fully saturated rings. The third-order valence-corrected chi connectivity index (χ3v) is 3.72. The van der Waals surface area contributed by atoms with E-state index in [2.05, 4.69) is 36.1 Å². The van der Waals surface area contributed by atoms with Crippen molar-refractivity contribution >= 4 is 0 Å². The summed E-state index contributed by atoms with van der Waals surface area (Å²) in [6.45, 7) is 1.16. The highest BCUT2D eigenvalue weighted by molar-refractivity contribution is 5.45. The number of benzene rings is 2. The summed E-state index contributed by atoms with van der Waals surface area (Å²) in [5.41, 5.74) is 3.50. The molecule has 0 spiro atoms. The molecule has 112 valence electrons. The molecule has 1 saturated carbocycles. The fourth-order valence-corrected chi connectivity index (χ4v) is 2.28. The fraction of sp³-hybridized carbons (Fsp3) is 0.300. The molecule has 0 radical (unpaired) electrons. The van der Waals surface area contributed by atoms with E-state index in [4.69, 9.17) is 9.47 Å². The molecular formula is C20H20O2. The first-order chi connectivity index (χ1) is 10.8. The van der Waals surface area contributed by atoms with E-state index in [1.165, 1.54) is 18.4 Å². The summed E-state index contributed by atoms with van der Waals surface area (Å²) < 4.78 is 10.5. The first-order valence-electron chi connectivity index (χ1n) is 7.69. The quantitative estimate of drug-likeness (QED) is 0.613. The van der Waals surface area contributed by atoms with Crippen molar-refractivity contribution in [1.82, 2.24) is 0 Å². The van der Waals surface area contributed by atoms with Crippen LogP contribution in [0.1, 0.15) is 35.4 Å². The van der Waals surface area contributed by atoms with Gasteiger partial charge in [0.15, 0.2) is 0 Å². The minimum absolute atomic E-state index is 0.564. The highest BCUT2D eigenvalue weighted by atomic mass is 16.5. The topological polar surface area (TPSA) is 18.5 Å². The molecule has 2 heteroatoms. The smallest absolute Gasteiger partial charge is 0.119 e. The molecule has 22 heavy (non-hydrogen) atoms. The summed E-state index contributed by atoms with van der Waals surface area (Å²) in [5.74, 6) is 8.04. The second kappa shape index (κ2) is 7.15. The molecule has 2 nitrogen and oxygen atoms in total. The molecule has 2 aromatic carbocycles. The van der Waals surface area contributed by atoms with Crippen LogP contribution in [0.3, 0.4) is 0 Å². The minimum Gasteiger partial charge on any atom is -0.491 e. The number of hydrogen-bond acceptors (Lipinski definition) is 2. The highest BCUT2D eigenvalue weighted by Gasteiger charge is 2.22. The Bertz CT molecular complexity index is 656. The number of methoxy groups -OCH3 is 1. The zero-order valence-electron chi connectivity index (χ0n) is 12.8. The predicted molar refractivity (Wildman–Crippen MR) is 88.2 cm³/mol. The number of hydrogen-bond donors (Lipinski definition) is 0. The predicted octanol–water partition coefficient (Wildman–Crippen LogP) is 3.99. The van der Waals surface area contributed by atoms with Crippen molar-refractivity contribution in [2.75, 3.05) is 20.3 Å². The molecule has 2 aromatic rings. The van der Waals surface area contributed by atoms with Crippen LogP contribution in [-0.2, 0) is 4.74 Å². The summed E-state index contributed by atoms with van der Waals surface area (Å²) in [6.07, 6.45) is 2.67. The SMILES string of the molecule is COCCOc1ccc(C#Cc2ccc(C3CC3)cc2)cc1. The first-order valence-corrected chi connectivity index (χ1v) is 7.69. The Morgan fingerprint density at radius 1 is 0.864 bits per heavy atom. The molecule has 1 aliphatic rings. The summed E-state index contributed by atoms with van der Waals surface area (Å²) in [7, 11) is 1.67. The number of rotatable bonds is 5. The van der Waals surface area contributed by atoms with Crippen molar-refractivity contribution in [2.24, 2.45) is 0 Å². The average molecular weight is 292 g/mol. The normalized spacial score (nSPS) is 13.3. The summed E-state index contributed by atoms with van der Waals surface area (Å²) >= 11 is 0. The van der Waals surface area contributed by atoms with Crippen LogP contribution in [-0.4, -0.2) is 20.3 Å². The zero-order valence-corrected chi connectivity index (χ0v) is 12.8. The Morgan fingerprint density at radius 2 is 1.45 bits per heavy atom. The molecule has 3 rings (SSSR count). The molecule has 1 aliphatic carbocycles. The van der Waals surface area contributed by atoms with Crippen LogP contribution in [0.5, 0.6) is 5.75 Å². The van der Waals surface area contributed by atoms with Gasteiger partial charge in [-0.3, -0.25) is 0 Å². The maximum absolute atomic E-state index is 5.53. The zero-order chi connectivity index (χ0) is 15.2. The molecule has 0 amide bonds. The molecular weight excluding hydrogens is 272 g/mol. The first kappa shape index (κ1) is 14.7. The Kier molecular flexibility index (Phi) is 4.78. The van der Waals surface area contributed by atoms with Gasteiger partial charge in [0.25, 0.3) is 0 Å². The van der Waals surface area contributed by atoms with Crippen LogP contribution in [0.15, 0.2) is 48.5 Å². The van der Waals surface area contributed by atoms with E-state index in [9.17, 15) is 0 Å². The van der Waals surface area contributed by atoms with Crippen molar-refractivity contribution in [3.05, 3.63) is 65.2 Å². The Morgan fingerprint density at radius 3 is 2.00 bits per heavy atom. The van der Waals surface area contributed by atoms with Crippen LogP contribution in [0, 0.1) is 11.8 Å². The third-order valence-electron chi connectivity index (χ3n) is 3.72. The summed E-state index contributed by atoms with van der Waals surface area (Å²) in [6, 6.07) is 16.5. The van der Waals surface area contributed by atoms with Gasteiger partial charge in [-0.1, -0.05) is 24.0 Å². The lowest BCUT2D eigenvalue weighted by atomic mass is 10.1. The lowest BCUT2D eigenvalue weighted by molar-refractivity contribution is 0.146. The van der Waals surface area contributed by atoms with Gasteiger partial charge < -0.3 is 9.47 Å². The van der Waals surface area contributed by atoms with E-state index in [0.29, 0.717) is 13.2 Å². The van der Waals surface area contributed by atoms with Gasteiger partial charge in [-0.15, -0.1) is 0 Å². The van der Waals surface area contributed by atoms with E-state index >= 15 is 0 Å². The van der Waals surface area contributed by atoms with Crippen molar-refractivity contribution in [3.63, 3.8) is 0 Å². The van der Waals surface area contributed by atoms with Crippen LogP contribution >= 0.6 is 0 Å². The molecule has 0 aromatic heterocycles. The molecule has 0 bridgehead atoms. The molecule has 0 atom stereocenters. The van der Waals surface area contributed by atoms with Gasteiger partial charge in [-0.25, -0.2) is 0 Å². The van der Waals surface area contributed by atoms with Crippen LogP contribution in [0.4, 0.5) is 0 Å². The van der Waals surface area contributed by atoms with Gasteiger partial charge >= 0.3 is 0 Å². The molecule has 0 heterocycles. The standard InChI is InChI=1S/C20H20O2/c1-21-14-15-22-20-12-6-17(7-13-20)3-2-16-4-8-18(9-5-16)19-10-11-19/h4-9,12-13,19H,10-11,14-15H2,1H3. The van der Waals surface area contributed by atoms with E-state index < -0.39 is 0 Å². The van der Waals surface area contributed by atoms with E-state index in [-0.39, 0.29) is 0 Å². The van der Waals surface area contributed by atoms with Gasteiger partial charge in [-0.05, 0) is 60.7 Å². The third kappa shape index (κ3) is 4.13. The highest BCUT2D eigenvalue weighted by Crippen LogP contribution is 2.39. The van der Waals surface area contributed by atoms with Crippen molar-refractivity contribution in [3.8, 4) is 17.6 Å². The monoisotopic (exact) mass is 292 g/mol. The van der Waals surface area contributed by atoms with Crippen molar-refractivity contribution in [2.45, 2.75) is 18.8 Å². The Hall–Kier alpha value is -2.24. The van der Waals surface area contributed by atoms with Gasteiger partial charge in [0.1, 0.15) is 12.4 Å². The van der Waals surface area contributed by atoms with Crippen molar-refractivity contribution in [1.29, 1.82) is 0 Å². The number of ether oxygens (including phenoxy) is 2. The van der Waals surface area contributed by atoms with Crippen LogP contribution in [0.25, 0.3) is 0 Å². The van der Waals surface area contributed by atoms with E-state index in [1.54, 1.807) is 7.11 Å². The van der Waals surface area contributed by atoms with E-state index in [1.807, 2.05) is 24.3 Å². The second-order valence-corrected chi connectivity index (χ2v) is 5.51. The lowest BCUT2D eigenvalue weighted by Crippen LogP contribution is -2.03. The minimum atomic E-state index is 0.564. The fourth-order valence-electron chi connectivity index (χ4n) is 2.28. The lowest BCUT2D eigenvalue weighted by Gasteiger charge is -2.04. The summed E-state index contributed by atoms with van der Waals surface area (Å²) in [4.78, 5) is 0. The van der Waals surface area contributed by atoms with Crippen molar-refractivity contribution < 1.29 is 9.47 Å². The maximum atomic E-state index is 5.53. The maximum Gasteiger partial charge on any atom is 0.119 e. The van der Waals surface area contributed by atoms with Gasteiger partial charge in [0.05, 0.1) is 6.61 Å². The van der Waals surface area contributed by atoms with Gasteiger partial charge in [-0.2, -0.15) is 0 Å². The van der Waals surface area contributed by atoms with Gasteiger partial charge in [0, 0.05) is 18.2 Å². The molecule has 0 N–H and O–H groups in total. The van der Waals surface area contributed by atoms with Gasteiger partial charge in [0.2, 0.25) is 0 Å².